The minimum absolute atomic E-state index is 0.0475. The van der Waals surface area contributed by atoms with Crippen LogP contribution < -0.4 is 0 Å². The van der Waals surface area contributed by atoms with E-state index in [1.807, 2.05) is 13.0 Å². The number of rotatable bonds is 1. The van der Waals surface area contributed by atoms with E-state index in [1.165, 1.54) is 0 Å². The predicted octanol–water partition coefficient (Wildman–Crippen LogP) is 1.64. The van der Waals surface area contributed by atoms with Crippen LogP contribution in [0.15, 0.2) is 16.7 Å². The third-order valence-electron chi connectivity index (χ3n) is 1.26. The van der Waals surface area contributed by atoms with Crippen LogP contribution in [0.5, 0.6) is 0 Å². The van der Waals surface area contributed by atoms with Gasteiger partial charge in [-0.3, -0.25) is 4.98 Å². The maximum atomic E-state index is 8.69. The van der Waals surface area contributed by atoms with Gasteiger partial charge < -0.3 is 5.11 Å². The first-order chi connectivity index (χ1) is 4.74. The number of aliphatic hydroxyl groups excluding tert-OH is 1. The fourth-order valence-corrected chi connectivity index (χ4v) is 1.03. The SMILES string of the molecule is Cc1ncc(CO)cc1Br. The Morgan fingerprint density at radius 3 is 2.90 bits per heavy atom. The number of hydrogen-bond donors (Lipinski definition) is 1. The Morgan fingerprint density at radius 1 is 1.70 bits per heavy atom. The molecule has 0 saturated carbocycles. The fourth-order valence-electron chi connectivity index (χ4n) is 0.632. The smallest absolute Gasteiger partial charge is 0.0697 e. The van der Waals surface area contributed by atoms with Gasteiger partial charge in [0.15, 0.2) is 0 Å². The Morgan fingerprint density at radius 2 is 2.40 bits per heavy atom. The number of aliphatic hydroxyl groups is 1. The molecule has 0 aromatic carbocycles. The van der Waals surface area contributed by atoms with Gasteiger partial charge in [-0.1, -0.05) is 0 Å². The molecular weight excluding hydrogens is 194 g/mol. The lowest BCUT2D eigenvalue weighted by atomic mass is 10.3. The van der Waals surface area contributed by atoms with Crippen molar-refractivity contribution < 1.29 is 5.11 Å². The van der Waals surface area contributed by atoms with E-state index in [4.69, 9.17) is 5.11 Å². The number of hydrogen-bond acceptors (Lipinski definition) is 2. The fraction of sp³-hybridized carbons (Fsp3) is 0.286. The quantitative estimate of drug-likeness (QED) is 0.750. The van der Waals surface area contributed by atoms with Gasteiger partial charge in [0, 0.05) is 10.7 Å². The zero-order chi connectivity index (χ0) is 7.56. The zero-order valence-electron chi connectivity index (χ0n) is 5.63. The first kappa shape index (κ1) is 7.69. The van der Waals surface area contributed by atoms with Crippen LogP contribution >= 0.6 is 15.9 Å². The van der Waals surface area contributed by atoms with Crippen molar-refractivity contribution >= 4 is 15.9 Å². The van der Waals surface area contributed by atoms with E-state index >= 15 is 0 Å². The Balaban J connectivity index is 3.04. The minimum Gasteiger partial charge on any atom is -0.392 e. The van der Waals surface area contributed by atoms with Crippen LogP contribution in [0.2, 0.25) is 0 Å². The largest absolute Gasteiger partial charge is 0.392 e. The lowest BCUT2D eigenvalue weighted by molar-refractivity contribution is 0.281. The number of aromatic nitrogens is 1. The number of nitrogens with zero attached hydrogens (tertiary/aromatic N) is 1. The second-order valence-electron chi connectivity index (χ2n) is 2.07. The molecule has 3 heteroatoms. The van der Waals surface area contributed by atoms with Gasteiger partial charge in [-0.2, -0.15) is 0 Å². The van der Waals surface area contributed by atoms with Crippen LogP contribution in [-0.4, -0.2) is 10.1 Å². The van der Waals surface area contributed by atoms with Crippen molar-refractivity contribution in [2.24, 2.45) is 0 Å². The summed E-state index contributed by atoms with van der Waals surface area (Å²) in [7, 11) is 0. The maximum absolute atomic E-state index is 8.69. The van der Waals surface area contributed by atoms with Crippen molar-refractivity contribution in [3.05, 3.63) is 28.0 Å². The van der Waals surface area contributed by atoms with Gasteiger partial charge in [-0.25, -0.2) is 0 Å². The predicted molar refractivity (Wildman–Crippen MR) is 42.6 cm³/mol. The molecule has 0 amide bonds. The molecule has 0 unspecified atom stereocenters. The monoisotopic (exact) mass is 201 g/mol. The van der Waals surface area contributed by atoms with Crippen molar-refractivity contribution in [2.75, 3.05) is 0 Å². The van der Waals surface area contributed by atoms with Gasteiger partial charge in [0.2, 0.25) is 0 Å². The summed E-state index contributed by atoms with van der Waals surface area (Å²) in [5.41, 5.74) is 1.77. The highest BCUT2D eigenvalue weighted by atomic mass is 79.9. The van der Waals surface area contributed by atoms with Gasteiger partial charge in [0.25, 0.3) is 0 Å². The summed E-state index contributed by atoms with van der Waals surface area (Å²) < 4.78 is 0.944. The summed E-state index contributed by atoms with van der Waals surface area (Å²) >= 11 is 3.31. The third kappa shape index (κ3) is 1.55. The minimum atomic E-state index is 0.0475. The van der Waals surface area contributed by atoms with Crippen molar-refractivity contribution in [2.45, 2.75) is 13.5 Å². The van der Waals surface area contributed by atoms with E-state index in [0.29, 0.717) is 0 Å². The molecule has 0 aliphatic heterocycles. The topological polar surface area (TPSA) is 33.1 Å². The van der Waals surface area contributed by atoms with E-state index in [1.54, 1.807) is 6.20 Å². The van der Waals surface area contributed by atoms with Gasteiger partial charge >= 0.3 is 0 Å². The van der Waals surface area contributed by atoms with Crippen LogP contribution in [-0.2, 0) is 6.61 Å². The molecule has 1 rings (SSSR count). The molecule has 0 fully saturated rings. The summed E-state index contributed by atoms with van der Waals surface area (Å²) in [4.78, 5) is 4.04. The van der Waals surface area contributed by atoms with Gasteiger partial charge in [-0.05, 0) is 34.5 Å². The van der Waals surface area contributed by atoms with Crippen molar-refractivity contribution in [1.29, 1.82) is 0 Å². The molecule has 0 spiro atoms. The summed E-state index contributed by atoms with van der Waals surface area (Å²) in [6, 6.07) is 1.86. The van der Waals surface area contributed by atoms with Crippen molar-refractivity contribution in [3.8, 4) is 0 Å². The van der Waals surface area contributed by atoms with Gasteiger partial charge in [0.1, 0.15) is 0 Å². The van der Waals surface area contributed by atoms with E-state index in [2.05, 4.69) is 20.9 Å². The number of halogens is 1. The van der Waals surface area contributed by atoms with Gasteiger partial charge in [-0.15, -0.1) is 0 Å². The van der Waals surface area contributed by atoms with E-state index in [9.17, 15) is 0 Å². The molecule has 10 heavy (non-hydrogen) atoms. The molecule has 0 bridgehead atoms. The second-order valence-corrected chi connectivity index (χ2v) is 2.92. The zero-order valence-corrected chi connectivity index (χ0v) is 7.22. The Labute approximate surface area is 68.0 Å². The second kappa shape index (κ2) is 3.12. The van der Waals surface area contributed by atoms with E-state index < -0.39 is 0 Å². The average Bonchev–Trinajstić information content (AvgIpc) is 1.95. The molecular formula is C7H8BrNO. The molecule has 0 aliphatic carbocycles. The van der Waals surface area contributed by atoms with E-state index in [0.717, 1.165) is 15.7 Å². The standard InChI is InChI=1S/C7H8BrNO/c1-5-7(8)2-6(4-10)3-9-5/h2-3,10H,4H2,1H3. The highest BCUT2D eigenvalue weighted by molar-refractivity contribution is 9.10. The summed E-state index contributed by atoms with van der Waals surface area (Å²) in [5, 5.41) is 8.69. The molecule has 2 nitrogen and oxygen atoms in total. The van der Waals surface area contributed by atoms with Crippen LogP contribution in [0.4, 0.5) is 0 Å². The highest BCUT2D eigenvalue weighted by Gasteiger charge is 1.95. The normalized spacial score (nSPS) is 9.90. The molecule has 0 aliphatic rings. The van der Waals surface area contributed by atoms with Crippen LogP contribution in [0, 0.1) is 6.92 Å². The first-order valence-electron chi connectivity index (χ1n) is 2.96. The molecule has 0 saturated heterocycles. The molecule has 0 radical (unpaired) electrons. The van der Waals surface area contributed by atoms with Crippen molar-refractivity contribution in [3.63, 3.8) is 0 Å². The molecule has 1 heterocycles. The molecule has 54 valence electrons. The highest BCUT2D eigenvalue weighted by Crippen LogP contribution is 2.14. The Hall–Kier alpha value is -0.410. The maximum Gasteiger partial charge on any atom is 0.0697 e. The summed E-state index contributed by atoms with van der Waals surface area (Å²) in [6.45, 7) is 1.96. The lowest BCUT2D eigenvalue weighted by Crippen LogP contribution is -1.88. The van der Waals surface area contributed by atoms with Crippen molar-refractivity contribution in [1.82, 2.24) is 4.98 Å². The number of pyridine rings is 1. The van der Waals surface area contributed by atoms with E-state index in [-0.39, 0.29) is 6.61 Å². The summed E-state index contributed by atoms with van der Waals surface area (Å²) in [6.07, 6.45) is 1.67. The Kier molecular flexibility index (Phi) is 2.40. The molecule has 1 N–H and O–H groups in total. The molecule has 1 aromatic rings. The number of aryl methyl sites for hydroxylation is 1. The van der Waals surface area contributed by atoms with Crippen LogP contribution in [0.25, 0.3) is 0 Å². The third-order valence-corrected chi connectivity index (χ3v) is 2.07. The first-order valence-corrected chi connectivity index (χ1v) is 3.75. The Bertz CT molecular complexity index is 237. The molecule has 1 aromatic heterocycles. The lowest BCUT2D eigenvalue weighted by Gasteiger charge is -1.98. The summed E-state index contributed by atoms with van der Waals surface area (Å²) in [5.74, 6) is 0. The van der Waals surface area contributed by atoms with Crippen LogP contribution in [0.3, 0.4) is 0 Å². The van der Waals surface area contributed by atoms with Crippen LogP contribution in [0.1, 0.15) is 11.3 Å². The average molecular weight is 202 g/mol. The van der Waals surface area contributed by atoms with Gasteiger partial charge in [0.05, 0.1) is 12.3 Å². The molecule has 0 atom stereocenters.